The highest BCUT2D eigenvalue weighted by molar-refractivity contribution is 7.89. The first kappa shape index (κ1) is 25.4. The molecule has 34 heavy (non-hydrogen) atoms. The van der Waals surface area contributed by atoms with Gasteiger partial charge in [0.1, 0.15) is 11.9 Å². The SMILES string of the molecule is O=C(NCCCC(NS(=O)(=O)c1ccc(-c2ccc(Cl)cc2)cc1)C(=O)O)c1ccc(F)cc1. The van der Waals surface area contributed by atoms with E-state index in [2.05, 4.69) is 10.0 Å². The van der Waals surface area contributed by atoms with Crippen LogP contribution >= 0.6 is 11.6 Å². The van der Waals surface area contributed by atoms with Gasteiger partial charge in [-0.15, -0.1) is 0 Å². The summed E-state index contributed by atoms with van der Waals surface area (Å²) in [7, 11) is -4.09. The van der Waals surface area contributed by atoms with E-state index in [1.54, 1.807) is 36.4 Å². The second-order valence-corrected chi connectivity index (χ2v) is 9.60. The van der Waals surface area contributed by atoms with E-state index in [0.717, 1.165) is 23.3 Å². The van der Waals surface area contributed by atoms with E-state index >= 15 is 0 Å². The lowest BCUT2D eigenvalue weighted by molar-refractivity contribution is -0.139. The van der Waals surface area contributed by atoms with Crippen LogP contribution in [0.4, 0.5) is 4.39 Å². The molecule has 3 rings (SSSR count). The Morgan fingerprint density at radius 2 is 1.47 bits per heavy atom. The van der Waals surface area contributed by atoms with Gasteiger partial charge in [-0.25, -0.2) is 12.8 Å². The topological polar surface area (TPSA) is 113 Å². The van der Waals surface area contributed by atoms with Gasteiger partial charge in [-0.1, -0.05) is 35.9 Å². The molecule has 3 aromatic rings. The van der Waals surface area contributed by atoms with E-state index in [1.165, 1.54) is 24.3 Å². The van der Waals surface area contributed by atoms with Crippen LogP contribution < -0.4 is 10.0 Å². The highest BCUT2D eigenvalue weighted by Gasteiger charge is 2.25. The van der Waals surface area contributed by atoms with Crippen molar-refractivity contribution in [3.05, 3.63) is 89.2 Å². The summed E-state index contributed by atoms with van der Waals surface area (Å²) in [6.07, 6.45) is 0.170. The van der Waals surface area contributed by atoms with Crippen LogP contribution in [0.2, 0.25) is 5.02 Å². The minimum Gasteiger partial charge on any atom is -0.480 e. The van der Waals surface area contributed by atoms with Crippen molar-refractivity contribution in [1.82, 2.24) is 10.0 Å². The summed E-state index contributed by atoms with van der Waals surface area (Å²) in [6.45, 7) is 0.123. The first-order chi connectivity index (χ1) is 16.2. The molecule has 0 bridgehead atoms. The van der Waals surface area contributed by atoms with Crippen molar-refractivity contribution in [2.45, 2.75) is 23.8 Å². The van der Waals surface area contributed by atoms with Gasteiger partial charge < -0.3 is 10.4 Å². The number of carboxylic acid groups (broad SMARTS) is 1. The van der Waals surface area contributed by atoms with Gasteiger partial charge in [0.05, 0.1) is 4.90 Å². The summed E-state index contributed by atoms with van der Waals surface area (Å²) in [6, 6.07) is 16.7. The lowest BCUT2D eigenvalue weighted by atomic mass is 10.1. The van der Waals surface area contributed by atoms with E-state index in [0.29, 0.717) is 5.02 Å². The van der Waals surface area contributed by atoms with Crippen LogP contribution in [0.1, 0.15) is 23.2 Å². The summed E-state index contributed by atoms with van der Waals surface area (Å²) in [5.74, 6) is -2.23. The number of nitrogens with one attached hydrogen (secondary N) is 2. The van der Waals surface area contributed by atoms with Crippen LogP contribution in [0.15, 0.2) is 77.7 Å². The van der Waals surface area contributed by atoms with Gasteiger partial charge in [0.25, 0.3) is 5.91 Å². The third-order valence-electron chi connectivity index (χ3n) is 5.00. The van der Waals surface area contributed by atoms with Crippen LogP contribution in [-0.4, -0.2) is 38.0 Å². The fourth-order valence-corrected chi connectivity index (χ4v) is 4.52. The number of halogens is 2. The van der Waals surface area contributed by atoms with Crippen molar-refractivity contribution in [2.24, 2.45) is 0 Å². The zero-order chi connectivity index (χ0) is 24.7. The number of hydrogen-bond acceptors (Lipinski definition) is 4. The average molecular weight is 505 g/mol. The molecule has 0 aromatic heterocycles. The predicted molar refractivity (Wildman–Crippen MR) is 127 cm³/mol. The Kier molecular flexibility index (Phi) is 8.38. The Bertz CT molecular complexity index is 1250. The lowest BCUT2D eigenvalue weighted by Gasteiger charge is -2.15. The maximum Gasteiger partial charge on any atom is 0.321 e. The Morgan fingerprint density at radius 1 is 0.912 bits per heavy atom. The van der Waals surface area contributed by atoms with E-state index in [1.807, 2.05) is 0 Å². The number of aliphatic carboxylic acids is 1. The van der Waals surface area contributed by atoms with Crippen molar-refractivity contribution in [2.75, 3.05) is 6.54 Å². The van der Waals surface area contributed by atoms with Crippen LogP contribution in [0.3, 0.4) is 0 Å². The summed E-state index contributed by atoms with van der Waals surface area (Å²) >= 11 is 5.88. The molecule has 0 aliphatic carbocycles. The monoisotopic (exact) mass is 504 g/mol. The van der Waals surface area contributed by atoms with Crippen LogP contribution in [0, 0.1) is 5.82 Å². The third-order valence-corrected chi connectivity index (χ3v) is 6.74. The van der Waals surface area contributed by atoms with Crippen molar-refractivity contribution in [3.63, 3.8) is 0 Å². The Labute approximate surface area is 201 Å². The molecule has 7 nitrogen and oxygen atoms in total. The number of carbonyl (C=O) groups excluding carboxylic acids is 1. The third kappa shape index (κ3) is 6.86. The van der Waals surface area contributed by atoms with Crippen LogP contribution in [0.5, 0.6) is 0 Å². The minimum atomic E-state index is -4.09. The highest BCUT2D eigenvalue weighted by atomic mass is 35.5. The van der Waals surface area contributed by atoms with E-state index in [9.17, 15) is 27.5 Å². The summed E-state index contributed by atoms with van der Waals surface area (Å²) in [4.78, 5) is 23.6. The molecule has 0 radical (unpaired) electrons. The summed E-state index contributed by atoms with van der Waals surface area (Å²) < 4.78 is 40.5. The van der Waals surface area contributed by atoms with Crippen molar-refractivity contribution in [3.8, 4) is 11.1 Å². The molecule has 0 heterocycles. The quantitative estimate of drug-likeness (QED) is 0.360. The molecular formula is C24H22ClFN2O5S. The Balaban J connectivity index is 1.57. The molecule has 1 unspecified atom stereocenters. The fourth-order valence-electron chi connectivity index (χ4n) is 3.17. The number of amides is 1. The molecule has 0 saturated heterocycles. The highest BCUT2D eigenvalue weighted by Crippen LogP contribution is 2.23. The van der Waals surface area contributed by atoms with E-state index in [4.69, 9.17) is 11.6 Å². The standard InChI is InChI=1S/C24H22ClFN2O5S/c25-19-9-3-16(4-10-19)17-7-13-21(14-8-17)34(32,33)28-22(24(30)31)2-1-15-27-23(29)18-5-11-20(26)12-6-18/h3-14,22,28H,1-2,15H2,(H,27,29)(H,30,31). The smallest absolute Gasteiger partial charge is 0.321 e. The van der Waals surface area contributed by atoms with E-state index in [-0.39, 0.29) is 29.8 Å². The molecule has 1 atom stereocenters. The number of sulfonamides is 1. The normalized spacial score (nSPS) is 12.2. The van der Waals surface area contributed by atoms with E-state index < -0.39 is 33.8 Å². The zero-order valence-corrected chi connectivity index (χ0v) is 19.4. The van der Waals surface area contributed by atoms with Gasteiger partial charge in [0.2, 0.25) is 10.0 Å². The summed E-state index contributed by atoms with van der Waals surface area (Å²) in [5.41, 5.74) is 1.90. The first-order valence-electron chi connectivity index (χ1n) is 10.3. The molecule has 0 aliphatic rings. The second kappa shape index (κ2) is 11.2. The molecule has 0 fully saturated rings. The first-order valence-corrected chi connectivity index (χ1v) is 12.2. The van der Waals surface area contributed by atoms with Crippen molar-refractivity contribution in [1.29, 1.82) is 0 Å². The number of rotatable bonds is 10. The molecule has 178 valence electrons. The van der Waals surface area contributed by atoms with Gasteiger partial charge in [0.15, 0.2) is 0 Å². The number of carboxylic acids is 1. The Morgan fingerprint density at radius 3 is 2.03 bits per heavy atom. The minimum absolute atomic E-state index is 0.0406. The molecule has 3 aromatic carbocycles. The number of hydrogen-bond donors (Lipinski definition) is 3. The van der Waals surface area contributed by atoms with Crippen molar-refractivity contribution < 1.29 is 27.5 Å². The maximum atomic E-state index is 12.9. The zero-order valence-electron chi connectivity index (χ0n) is 17.9. The molecule has 0 spiro atoms. The number of carbonyl (C=O) groups is 2. The molecule has 0 saturated carbocycles. The van der Waals surface area contributed by atoms with Crippen LogP contribution in [-0.2, 0) is 14.8 Å². The van der Waals surface area contributed by atoms with Gasteiger partial charge in [-0.3, -0.25) is 9.59 Å². The Hall–Kier alpha value is -3.27. The fraction of sp³-hybridized carbons (Fsp3) is 0.167. The number of benzene rings is 3. The van der Waals surface area contributed by atoms with Gasteiger partial charge in [-0.05, 0) is 72.5 Å². The van der Waals surface area contributed by atoms with Crippen molar-refractivity contribution >= 4 is 33.5 Å². The maximum absolute atomic E-state index is 12.9. The second-order valence-electron chi connectivity index (χ2n) is 7.45. The van der Waals surface area contributed by atoms with Gasteiger partial charge in [0, 0.05) is 17.1 Å². The molecular weight excluding hydrogens is 483 g/mol. The molecule has 10 heteroatoms. The van der Waals surface area contributed by atoms with Gasteiger partial charge >= 0.3 is 5.97 Å². The molecule has 1 amide bonds. The molecule has 0 aliphatic heterocycles. The largest absolute Gasteiger partial charge is 0.480 e. The van der Waals surface area contributed by atoms with Crippen LogP contribution in [0.25, 0.3) is 11.1 Å². The predicted octanol–water partition coefficient (Wildman–Crippen LogP) is 4.09. The average Bonchev–Trinajstić information content (AvgIpc) is 2.81. The summed E-state index contributed by atoms with van der Waals surface area (Å²) in [5, 5.41) is 12.6. The molecule has 3 N–H and O–H groups in total. The lowest BCUT2D eigenvalue weighted by Crippen LogP contribution is -2.41. The van der Waals surface area contributed by atoms with Gasteiger partial charge in [-0.2, -0.15) is 4.72 Å².